The number of nitrogens with one attached hydrogen (secondary N) is 1. The van der Waals surface area contributed by atoms with Crippen LogP contribution in [0, 0.1) is 0 Å². The maximum absolute atomic E-state index is 12.0. The summed E-state index contributed by atoms with van der Waals surface area (Å²) >= 11 is 0. The SMILES string of the molecule is CC[C@]1(CO)O[C@@H](n2ccc(=O)[nH]c2=O)[C@H](N(C)OC)[C@@H]1O. The first-order valence-corrected chi connectivity index (χ1v) is 6.95. The van der Waals surface area contributed by atoms with Crippen LogP contribution in [0.2, 0.25) is 0 Å². The van der Waals surface area contributed by atoms with Crippen molar-refractivity contribution in [2.24, 2.45) is 0 Å². The number of aliphatic hydroxyl groups is 2. The zero-order valence-corrected chi connectivity index (χ0v) is 12.7. The minimum Gasteiger partial charge on any atom is -0.393 e. The Balaban J connectivity index is 2.51. The molecule has 0 radical (unpaired) electrons. The second-order valence-corrected chi connectivity index (χ2v) is 5.27. The molecule has 0 bridgehead atoms. The van der Waals surface area contributed by atoms with E-state index in [0.29, 0.717) is 6.42 Å². The van der Waals surface area contributed by atoms with Gasteiger partial charge in [0.1, 0.15) is 17.7 Å². The Kier molecular flexibility index (Phi) is 4.83. The average molecular weight is 315 g/mol. The van der Waals surface area contributed by atoms with Crippen LogP contribution in [-0.4, -0.2) is 63.3 Å². The van der Waals surface area contributed by atoms with Crippen molar-refractivity contribution in [3.63, 3.8) is 0 Å². The summed E-state index contributed by atoms with van der Waals surface area (Å²) in [5, 5.41) is 21.6. The van der Waals surface area contributed by atoms with Gasteiger partial charge in [-0.3, -0.25) is 14.3 Å². The molecular weight excluding hydrogens is 294 g/mol. The van der Waals surface area contributed by atoms with Crippen LogP contribution in [0.25, 0.3) is 0 Å². The number of nitrogens with zero attached hydrogens (tertiary/aromatic N) is 2. The molecule has 1 saturated heterocycles. The Labute approximate surface area is 126 Å². The fourth-order valence-corrected chi connectivity index (χ4v) is 2.73. The molecule has 9 nitrogen and oxygen atoms in total. The smallest absolute Gasteiger partial charge is 0.330 e. The summed E-state index contributed by atoms with van der Waals surface area (Å²) in [6, 6.07) is 0.451. The molecule has 0 aromatic carbocycles. The Morgan fingerprint density at radius 1 is 1.55 bits per heavy atom. The van der Waals surface area contributed by atoms with Crippen LogP contribution < -0.4 is 11.2 Å². The lowest BCUT2D eigenvalue weighted by Crippen LogP contribution is -2.50. The molecule has 1 aromatic heterocycles. The molecule has 0 aliphatic carbocycles. The molecule has 0 amide bonds. The van der Waals surface area contributed by atoms with Gasteiger partial charge in [0, 0.05) is 19.3 Å². The minimum absolute atomic E-state index is 0.341. The molecule has 0 spiro atoms. The first-order valence-electron chi connectivity index (χ1n) is 6.95. The van der Waals surface area contributed by atoms with Crippen molar-refractivity contribution in [1.29, 1.82) is 0 Å². The van der Waals surface area contributed by atoms with Crippen molar-refractivity contribution in [2.45, 2.75) is 37.3 Å². The summed E-state index contributed by atoms with van der Waals surface area (Å²) in [5.74, 6) is 0. The third kappa shape index (κ3) is 2.61. The highest BCUT2D eigenvalue weighted by Crippen LogP contribution is 2.40. The van der Waals surface area contributed by atoms with E-state index in [9.17, 15) is 19.8 Å². The summed E-state index contributed by atoms with van der Waals surface area (Å²) in [6.07, 6.45) is -0.376. The molecule has 1 fully saturated rings. The largest absolute Gasteiger partial charge is 0.393 e. The van der Waals surface area contributed by atoms with Crippen molar-refractivity contribution < 1.29 is 19.8 Å². The van der Waals surface area contributed by atoms with Crippen LogP contribution in [0.15, 0.2) is 21.9 Å². The molecule has 1 aliphatic rings. The molecule has 4 atom stereocenters. The summed E-state index contributed by atoms with van der Waals surface area (Å²) < 4.78 is 6.99. The Hall–Kier alpha value is -1.52. The van der Waals surface area contributed by atoms with Crippen LogP contribution in [0.5, 0.6) is 0 Å². The van der Waals surface area contributed by atoms with Crippen molar-refractivity contribution in [1.82, 2.24) is 14.6 Å². The van der Waals surface area contributed by atoms with Crippen molar-refractivity contribution >= 4 is 0 Å². The first kappa shape index (κ1) is 16.8. The molecule has 0 saturated carbocycles. The monoisotopic (exact) mass is 315 g/mol. The van der Waals surface area contributed by atoms with Gasteiger partial charge in [-0.15, -0.1) is 0 Å². The number of aromatic nitrogens is 2. The van der Waals surface area contributed by atoms with Crippen LogP contribution >= 0.6 is 0 Å². The highest BCUT2D eigenvalue weighted by molar-refractivity contribution is 5.03. The van der Waals surface area contributed by atoms with E-state index in [4.69, 9.17) is 9.57 Å². The van der Waals surface area contributed by atoms with Gasteiger partial charge in [-0.2, -0.15) is 5.06 Å². The molecule has 1 aromatic rings. The normalized spacial score (nSPS) is 31.8. The Bertz CT molecular complexity index is 623. The highest BCUT2D eigenvalue weighted by Gasteiger charge is 2.56. The minimum atomic E-state index is -1.21. The van der Waals surface area contributed by atoms with E-state index in [1.807, 2.05) is 0 Å². The third-order valence-corrected chi connectivity index (χ3v) is 4.21. The van der Waals surface area contributed by atoms with E-state index in [-0.39, 0.29) is 0 Å². The van der Waals surface area contributed by atoms with Gasteiger partial charge in [0.2, 0.25) is 0 Å². The number of ether oxygens (including phenoxy) is 1. The molecule has 2 rings (SSSR count). The van der Waals surface area contributed by atoms with Gasteiger partial charge in [-0.25, -0.2) is 4.79 Å². The predicted molar refractivity (Wildman–Crippen MR) is 76.1 cm³/mol. The Morgan fingerprint density at radius 3 is 2.73 bits per heavy atom. The predicted octanol–water partition coefficient (Wildman–Crippen LogP) is -1.57. The van der Waals surface area contributed by atoms with E-state index in [0.717, 1.165) is 4.57 Å². The molecule has 3 N–H and O–H groups in total. The lowest BCUT2D eigenvalue weighted by atomic mass is 9.92. The van der Waals surface area contributed by atoms with Gasteiger partial charge < -0.3 is 19.8 Å². The topological polar surface area (TPSA) is 117 Å². The first-order chi connectivity index (χ1) is 10.4. The zero-order valence-electron chi connectivity index (χ0n) is 12.7. The summed E-state index contributed by atoms with van der Waals surface area (Å²) in [4.78, 5) is 30.5. The fraction of sp³-hybridized carbons (Fsp3) is 0.692. The molecule has 1 aliphatic heterocycles. The van der Waals surface area contributed by atoms with Gasteiger partial charge in [-0.1, -0.05) is 6.92 Å². The van der Waals surface area contributed by atoms with E-state index in [1.165, 1.54) is 24.4 Å². The molecule has 9 heteroatoms. The second-order valence-electron chi connectivity index (χ2n) is 5.27. The summed E-state index contributed by atoms with van der Waals surface area (Å²) in [5.41, 5.74) is -2.40. The average Bonchev–Trinajstić information content (AvgIpc) is 2.80. The molecule has 124 valence electrons. The van der Waals surface area contributed by atoms with E-state index < -0.39 is 41.8 Å². The van der Waals surface area contributed by atoms with Crippen molar-refractivity contribution in [3.8, 4) is 0 Å². The zero-order chi connectivity index (χ0) is 16.5. The molecule has 0 unspecified atom stereocenters. The summed E-state index contributed by atoms with van der Waals surface area (Å²) in [6.45, 7) is 1.36. The standard InChI is InChI=1S/C13H21N3O6/c1-4-13(7-17)10(19)9(15(2)21-3)11(22-13)16-6-5-8(18)14-12(16)20/h5-6,9-11,17,19H,4,7H2,1-3H3,(H,14,18,20)/t9-,10+,11-,13-/m1/s1. The fourth-order valence-electron chi connectivity index (χ4n) is 2.73. The number of likely N-dealkylation sites (N-methyl/N-ethyl adjacent to an activating group) is 1. The lowest BCUT2D eigenvalue weighted by Gasteiger charge is -2.31. The van der Waals surface area contributed by atoms with Gasteiger partial charge in [0.15, 0.2) is 6.23 Å². The van der Waals surface area contributed by atoms with Gasteiger partial charge in [0.25, 0.3) is 5.56 Å². The number of aliphatic hydroxyl groups excluding tert-OH is 2. The summed E-state index contributed by atoms with van der Waals surface area (Å²) in [7, 11) is 3.01. The highest BCUT2D eigenvalue weighted by atomic mass is 16.7. The van der Waals surface area contributed by atoms with Crippen molar-refractivity contribution in [3.05, 3.63) is 33.1 Å². The molecule has 2 heterocycles. The maximum atomic E-state index is 12.0. The van der Waals surface area contributed by atoms with Crippen LogP contribution in [-0.2, 0) is 9.57 Å². The number of hydrogen-bond acceptors (Lipinski definition) is 7. The van der Waals surface area contributed by atoms with Crippen LogP contribution in [0.4, 0.5) is 0 Å². The van der Waals surface area contributed by atoms with E-state index in [1.54, 1.807) is 14.0 Å². The molecule has 22 heavy (non-hydrogen) atoms. The third-order valence-electron chi connectivity index (χ3n) is 4.21. The number of hydrogen-bond donors (Lipinski definition) is 3. The lowest BCUT2D eigenvalue weighted by molar-refractivity contribution is -0.177. The quantitative estimate of drug-likeness (QED) is 0.562. The van der Waals surface area contributed by atoms with E-state index in [2.05, 4.69) is 4.98 Å². The maximum Gasteiger partial charge on any atom is 0.330 e. The number of aromatic amines is 1. The van der Waals surface area contributed by atoms with Crippen LogP contribution in [0.1, 0.15) is 19.6 Å². The van der Waals surface area contributed by atoms with Gasteiger partial charge in [0.05, 0.1) is 13.7 Å². The number of hydroxylamine groups is 2. The van der Waals surface area contributed by atoms with E-state index >= 15 is 0 Å². The van der Waals surface area contributed by atoms with Crippen molar-refractivity contribution in [2.75, 3.05) is 20.8 Å². The number of H-pyrrole nitrogens is 1. The number of rotatable bonds is 5. The Morgan fingerprint density at radius 2 is 2.23 bits per heavy atom. The second kappa shape index (κ2) is 6.31. The van der Waals surface area contributed by atoms with Gasteiger partial charge in [-0.05, 0) is 6.42 Å². The molecular formula is C13H21N3O6. The van der Waals surface area contributed by atoms with Gasteiger partial charge >= 0.3 is 5.69 Å². The van der Waals surface area contributed by atoms with Crippen LogP contribution in [0.3, 0.4) is 0 Å².